The van der Waals surface area contributed by atoms with Gasteiger partial charge in [-0.1, -0.05) is 0 Å². The summed E-state index contributed by atoms with van der Waals surface area (Å²) < 4.78 is 37.7. The van der Waals surface area contributed by atoms with Crippen LogP contribution in [0, 0.1) is 4.77 Å². The third kappa shape index (κ3) is 2.87. The fourth-order valence-electron chi connectivity index (χ4n) is 1.71. The zero-order valence-electron chi connectivity index (χ0n) is 11.0. The van der Waals surface area contributed by atoms with Crippen LogP contribution < -0.4 is 16.1 Å². The minimum Gasteiger partial charge on any atom is -0.339 e. The molecule has 2 rings (SSSR count). The summed E-state index contributed by atoms with van der Waals surface area (Å²) in [5.74, 6) is -2.56. The van der Waals surface area contributed by atoms with E-state index in [2.05, 4.69) is 14.8 Å². The van der Waals surface area contributed by atoms with E-state index in [1.54, 1.807) is 6.92 Å². The van der Waals surface area contributed by atoms with E-state index in [0.29, 0.717) is 0 Å². The Balaban J connectivity index is 2.67. The van der Waals surface area contributed by atoms with Crippen LogP contribution in [-0.4, -0.2) is 37.5 Å². The second-order valence-electron chi connectivity index (χ2n) is 4.45. The van der Waals surface area contributed by atoms with Gasteiger partial charge in [-0.15, -0.1) is 4.73 Å². The van der Waals surface area contributed by atoms with Gasteiger partial charge < -0.3 is 15.6 Å². The summed E-state index contributed by atoms with van der Waals surface area (Å²) >= 11 is 4.90. The van der Waals surface area contributed by atoms with Crippen molar-refractivity contribution in [2.75, 3.05) is 0 Å². The summed E-state index contributed by atoms with van der Waals surface area (Å²) in [6.07, 6.45) is -4.11. The fourth-order valence-corrected chi connectivity index (χ4v) is 1.99. The number of nitrogens with zero attached hydrogens (tertiary/aromatic N) is 3. The maximum absolute atomic E-state index is 12.3. The lowest BCUT2D eigenvalue weighted by Gasteiger charge is -2.14. The SMILES string of the molecule is CC(N)Cn1c(=S)n(OC(=O)C(F)(F)F)c(=O)c2[nH]cnc21. The summed E-state index contributed by atoms with van der Waals surface area (Å²) in [6.45, 7) is 1.68. The van der Waals surface area contributed by atoms with Gasteiger partial charge >= 0.3 is 17.7 Å². The average molecular weight is 337 g/mol. The van der Waals surface area contributed by atoms with Crippen LogP contribution in [0.1, 0.15) is 6.92 Å². The molecule has 0 amide bonds. The Kier molecular flexibility index (Phi) is 4.06. The van der Waals surface area contributed by atoms with Crippen LogP contribution in [0.25, 0.3) is 11.2 Å². The van der Waals surface area contributed by atoms with Crippen molar-refractivity contribution in [1.29, 1.82) is 0 Å². The Hall–Kier alpha value is -2.21. The van der Waals surface area contributed by atoms with E-state index in [0.717, 1.165) is 6.33 Å². The molecular formula is C10H10F3N5O3S. The first kappa shape index (κ1) is 16.2. The normalized spacial score (nSPS) is 13.3. The molecule has 1 unspecified atom stereocenters. The third-order valence-corrected chi connectivity index (χ3v) is 2.94. The number of hydrogen-bond acceptors (Lipinski definition) is 6. The van der Waals surface area contributed by atoms with Crippen molar-refractivity contribution < 1.29 is 22.8 Å². The molecule has 12 heteroatoms. The van der Waals surface area contributed by atoms with E-state index >= 15 is 0 Å². The lowest BCUT2D eigenvalue weighted by atomic mass is 10.3. The zero-order valence-corrected chi connectivity index (χ0v) is 11.9. The maximum atomic E-state index is 12.3. The number of nitrogens with two attached hydrogens (primary N) is 1. The lowest BCUT2D eigenvalue weighted by molar-refractivity contribution is -0.200. The molecule has 0 saturated heterocycles. The second-order valence-corrected chi connectivity index (χ2v) is 4.81. The van der Waals surface area contributed by atoms with Gasteiger partial charge in [0.15, 0.2) is 11.2 Å². The number of aromatic nitrogens is 4. The molecule has 2 aromatic heterocycles. The van der Waals surface area contributed by atoms with Crippen LogP contribution in [0.15, 0.2) is 11.1 Å². The zero-order chi connectivity index (χ0) is 16.7. The van der Waals surface area contributed by atoms with Crippen LogP contribution in [-0.2, 0) is 11.3 Å². The van der Waals surface area contributed by atoms with E-state index in [9.17, 15) is 22.8 Å². The van der Waals surface area contributed by atoms with E-state index in [1.165, 1.54) is 4.57 Å². The molecule has 0 aromatic carbocycles. The topological polar surface area (TPSA) is 108 Å². The van der Waals surface area contributed by atoms with E-state index in [1.807, 2.05) is 0 Å². The Morgan fingerprint density at radius 3 is 2.77 bits per heavy atom. The molecule has 0 aliphatic rings. The summed E-state index contributed by atoms with van der Waals surface area (Å²) in [6, 6.07) is -0.434. The summed E-state index contributed by atoms with van der Waals surface area (Å²) in [5, 5.41) is 0. The van der Waals surface area contributed by atoms with Crippen molar-refractivity contribution in [1.82, 2.24) is 19.3 Å². The average Bonchev–Trinajstić information content (AvgIpc) is 2.87. The second kappa shape index (κ2) is 5.53. The third-order valence-electron chi connectivity index (χ3n) is 2.55. The highest BCUT2D eigenvalue weighted by molar-refractivity contribution is 7.71. The molecule has 3 N–H and O–H groups in total. The minimum atomic E-state index is -5.27. The van der Waals surface area contributed by atoms with Gasteiger partial charge in [-0.05, 0) is 19.1 Å². The number of rotatable bonds is 3. The molecule has 2 heterocycles. The van der Waals surface area contributed by atoms with Gasteiger partial charge in [-0.3, -0.25) is 9.36 Å². The number of alkyl halides is 3. The molecule has 0 aliphatic heterocycles. The first-order valence-electron chi connectivity index (χ1n) is 5.87. The minimum absolute atomic E-state index is 0.0596. The number of hydrogen-bond donors (Lipinski definition) is 2. The van der Waals surface area contributed by atoms with Gasteiger partial charge in [0, 0.05) is 12.6 Å². The summed E-state index contributed by atoms with van der Waals surface area (Å²) in [5.41, 5.74) is 4.51. The van der Waals surface area contributed by atoms with Crippen LogP contribution in [0.3, 0.4) is 0 Å². The van der Waals surface area contributed by atoms with E-state index in [4.69, 9.17) is 18.0 Å². The number of carbonyl (C=O) groups excluding carboxylic acids is 1. The van der Waals surface area contributed by atoms with E-state index in [-0.39, 0.29) is 22.4 Å². The predicted molar refractivity (Wildman–Crippen MR) is 70.5 cm³/mol. The number of nitrogens with one attached hydrogen (secondary N) is 1. The number of H-pyrrole nitrogens is 1. The molecule has 0 spiro atoms. The standard InChI is InChI=1S/C10H10F3N5O3S/c1-4(14)2-17-6-5(15-3-16-6)7(19)18(9(17)22)21-8(20)10(11,12)13/h3-4H,2,14H2,1H3,(H,15,16). The lowest BCUT2D eigenvalue weighted by Crippen LogP contribution is -2.40. The van der Waals surface area contributed by atoms with Crippen molar-refractivity contribution in [3.05, 3.63) is 21.5 Å². The largest absolute Gasteiger partial charge is 0.493 e. The highest BCUT2D eigenvalue weighted by Gasteiger charge is 2.42. The van der Waals surface area contributed by atoms with Crippen molar-refractivity contribution >= 4 is 29.4 Å². The number of halogens is 3. The number of fused-ring (bicyclic) bond motifs is 1. The van der Waals surface area contributed by atoms with Crippen molar-refractivity contribution in [3.8, 4) is 0 Å². The Bertz CT molecular complexity index is 835. The smallest absolute Gasteiger partial charge is 0.339 e. The summed E-state index contributed by atoms with van der Waals surface area (Å²) in [4.78, 5) is 33.4. The number of imidazole rings is 1. The molecule has 0 fully saturated rings. The Labute approximate surface area is 125 Å². The Morgan fingerprint density at radius 2 is 2.23 bits per heavy atom. The van der Waals surface area contributed by atoms with Gasteiger partial charge in [-0.2, -0.15) is 13.2 Å². The van der Waals surface area contributed by atoms with Gasteiger partial charge in [0.2, 0.25) is 4.77 Å². The van der Waals surface area contributed by atoms with Gasteiger partial charge in [0.05, 0.1) is 6.33 Å². The molecule has 1 atom stereocenters. The first-order valence-corrected chi connectivity index (χ1v) is 6.27. The molecular weight excluding hydrogens is 327 g/mol. The molecule has 120 valence electrons. The molecule has 2 aromatic rings. The van der Waals surface area contributed by atoms with Crippen LogP contribution in [0.2, 0.25) is 0 Å². The maximum Gasteiger partial charge on any atom is 0.493 e. The summed E-state index contributed by atoms with van der Waals surface area (Å²) in [7, 11) is 0. The van der Waals surface area contributed by atoms with Crippen LogP contribution in [0.4, 0.5) is 13.2 Å². The number of carbonyl (C=O) groups is 1. The monoisotopic (exact) mass is 337 g/mol. The molecule has 0 saturated carbocycles. The Morgan fingerprint density at radius 1 is 1.59 bits per heavy atom. The highest BCUT2D eigenvalue weighted by atomic mass is 32.1. The van der Waals surface area contributed by atoms with Crippen molar-refractivity contribution in [2.24, 2.45) is 5.73 Å². The molecule has 22 heavy (non-hydrogen) atoms. The quantitative estimate of drug-likeness (QED) is 0.770. The van der Waals surface area contributed by atoms with Crippen molar-refractivity contribution in [3.63, 3.8) is 0 Å². The molecule has 0 bridgehead atoms. The van der Waals surface area contributed by atoms with Crippen LogP contribution >= 0.6 is 12.2 Å². The fraction of sp³-hybridized carbons (Fsp3) is 0.400. The molecule has 8 nitrogen and oxygen atoms in total. The van der Waals surface area contributed by atoms with Crippen molar-refractivity contribution in [2.45, 2.75) is 25.7 Å². The van der Waals surface area contributed by atoms with Crippen LogP contribution in [0.5, 0.6) is 0 Å². The predicted octanol–water partition coefficient (Wildman–Crippen LogP) is 0.120. The van der Waals surface area contributed by atoms with E-state index < -0.39 is 28.5 Å². The number of aromatic amines is 1. The van der Waals surface area contributed by atoms with Gasteiger partial charge in [-0.25, -0.2) is 9.78 Å². The van der Waals surface area contributed by atoms with Gasteiger partial charge in [0.25, 0.3) is 0 Å². The van der Waals surface area contributed by atoms with Gasteiger partial charge in [0.1, 0.15) is 0 Å². The highest BCUT2D eigenvalue weighted by Crippen LogP contribution is 2.15. The molecule has 0 aliphatic carbocycles. The molecule has 0 radical (unpaired) electrons. The first-order chi connectivity index (χ1) is 10.1.